The largest absolute Gasteiger partial charge is 0.480 e. The molecule has 20 heavy (non-hydrogen) atoms. The number of carbonyl (C=O) groups excluding carboxylic acids is 1. The lowest BCUT2D eigenvalue weighted by molar-refractivity contribution is -0.139. The van der Waals surface area contributed by atoms with Gasteiger partial charge in [0.15, 0.2) is 0 Å². The number of aromatic nitrogens is 2. The molecule has 0 aliphatic heterocycles. The van der Waals surface area contributed by atoms with Gasteiger partial charge >= 0.3 is 5.97 Å². The van der Waals surface area contributed by atoms with Crippen molar-refractivity contribution in [2.45, 2.75) is 12.5 Å². The molecule has 104 valence electrons. The van der Waals surface area contributed by atoms with Crippen LogP contribution in [0.1, 0.15) is 16.1 Å². The lowest BCUT2D eigenvalue weighted by atomic mass is 10.1. The number of amides is 1. The molecular weight excluding hydrogens is 265 g/mol. The SMILES string of the molecule is O=C(N[C@H](Cc1cnc[nH]1)C(=O)O)c1ccccc1F. The van der Waals surface area contributed by atoms with Crippen LogP contribution >= 0.6 is 0 Å². The smallest absolute Gasteiger partial charge is 0.326 e. The molecule has 7 heteroatoms. The highest BCUT2D eigenvalue weighted by molar-refractivity contribution is 5.96. The Bertz CT molecular complexity index is 613. The fraction of sp³-hybridized carbons (Fsp3) is 0.154. The average Bonchev–Trinajstić information content (AvgIpc) is 2.91. The minimum Gasteiger partial charge on any atom is -0.480 e. The molecule has 0 spiro atoms. The van der Waals surface area contributed by atoms with Gasteiger partial charge in [0.25, 0.3) is 5.91 Å². The van der Waals surface area contributed by atoms with E-state index in [1.54, 1.807) is 0 Å². The van der Waals surface area contributed by atoms with Crippen LogP contribution < -0.4 is 5.32 Å². The van der Waals surface area contributed by atoms with Gasteiger partial charge in [-0.1, -0.05) is 12.1 Å². The van der Waals surface area contributed by atoms with Crippen molar-refractivity contribution in [2.24, 2.45) is 0 Å². The number of aliphatic carboxylic acids is 1. The lowest BCUT2D eigenvalue weighted by Crippen LogP contribution is -2.42. The summed E-state index contributed by atoms with van der Waals surface area (Å²) in [5.74, 6) is -2.67. The molecule has 0 aliphatic carbocycles. The van der Waals surface area contributed by atoms with E-state index in [1.807, 2.05) is 0 Å². The number of carbonyl (C=O) groups is 2. The molecule has 0 bridgehead atoms. The Hall–Kier alpha value is -2.70. The Morgan fingerprint density at radius 3 is 2.75 bits per heavy atom. The van der Waals surface area contributed by atoms with E-state index in [-0.39, 0.29) is 12.0 Å². The van der Waals surface area contributed by atoms with Crippen molar-refractivity contribution >= 4 is 11.9 Å². The van der Waals surface area contributed by atoms with Gasteiger partial charge in [-0.2, -0.15) is 0 Å². The first-order valence-electron chi connectivity index (χ1n) is 5.83. The summed E-state index contributed by atoms with van der Waals surface area (Å²) >= 11 is 0. The van der Waals surface area contributed by atoms with Crippen LogP contribution in [-0.2, 0) is 11.2 Å². The number of hydrogen-bond acceptors (Lipinski definition) is 3. The van der Waals surface area contributed by atoms with Crippen molar-refractivity contribution in [3.05, 3.63) is 53.9 Å². The zero-order valence-electron chi connectivity index (χ0n) is 10.3. The molecule has 0 fully saturated rings. The zero-order chi connectivity index (χ0) is 14.5. The summed E-state index contributed by atoms with van der Waals surface area (Å²) in [5.41, 5.74) is 0.370. The number of hydrogen-bond donors (Lipinski definition) is 3. The monoisotopic (exact) mass is 277 g/mol. The number of nitrogens with one attached hydrogen (secondary N) is 2. The molecule has 6 nitrogen and oxygen atoms in total. The van der Waals surface area contributed by atoms with E-state index in [0.29, 0.717) is 5.69 Å². The quantitative estimate of drug-likeness (QED) is 0.759. The molecule has 1 aromatic heterocycles. The number of carboxylic acid groups (broad SMARTS) is 1. The number of H-pyrrole nitrogens is 1. The summed E-state index contributed by atoms with van der Waals surface area (Å²) in [4.78, 5) is 29.5. The first-order valence-corrected chi connectivity index (χ1v) is 5.83. The number of imidazole rings is 1. The molecular formula is C13H12FN3O3. The van der Waals surface area contributed by atoms with Gasteiger partial charge < -0.3 is 15.4 Å². The second-order valence-electron chi connectivity index (χ2n) is 4.13. The minimum atomic E-state index is -1.20. The standard InChI is InChI=1S/C13H12FN3O3/c14-10-4-2-1-3-9(10)12(18)17-11(13(19)20)5-8-6-15-7-16-8/h1-4,6-7,11H,5H2,(H,15,16)(H,17,18)(H,19,20)/t11-/m1/s1. The van der Waals surface area contributed by atoms with E-state index in [1.165, 1.54) is 30.7 Å². The molecule has 2 aromatic rings. The van der Waals surface area contributed by atoms with E-state index in [0.717, 1.165) is 6.07 Å². The number of rotatable bonds is 5. The highest BCUT2D eigenvalue weighted by Gasteiger charge is 2.22. The summed E-state index contributed by atoms with van der Waals surface area (Å²) in [6.45, 7) is 0. The fourth-order valence-corrected chi connectivity index (χ4v) is 1.70. The van der Waals surface area contributed by atoms with Gasteiger partial charge in [-0.25, -0.2) is 14.2 Å². The third-order valence-corrected chi connectivity index (χ3v) is 2.70. The van der Waals surface area contributed by atoms with Gasteiger partial charge in [0, 0.05) is 18.3 Å². The van der Waals surface area contributed by atoms with Crippen LogP contribution in [0.2, 0.25) is 0 Å². The maximum atomic E-state index is 13.4. The van der Waals surface area contributed by atoms with E-state index < -0.39 is 23.7 Å². The Balaban J connectivity index is 2.10. The molecule has 0 saturated carbocycles. The predicted octanol–water partition coefficient (Wildman–Crippen LogP) is 0.974. The topological polar surface area (TPSA) is 95.1 Å². The van der Waals surface area contributed by atoms with Crippen LogP contribution in [0.4, 0.5) is 4.39 Å². The maximum absolute atomic E-state index is 13.4. The molecule has 1 aromatic carbocycles. The summed E-state index contributed by atoms with van der Waals surface area (Å²) in [7, 11) is 0. The summed E-state index contributed by atoms with van der Waals surface area (Å²) in [6, 6.07) is 4.22. The number of aromatic amines is 1. The lowest BCUT2D eigenvalue weighted by Gasteiger charge is -2.13. The molecule has 0 radical (unpaired) electrons. The Kier molecular flexibility index (Phi) is 4.09. The normalized spacial score (nSPS) is 11.8. The third-order valence-electron chi connectivity index (χ3n) is 2.70. The minimum absolute atomic E-state index is 0.0372. The van der Waals surface area contributed by atoms with Gasteiger partial charge in [-0.15, -0.1) is 0 Å². The van der Waals surface area contributed by atoms with E-state index in [2.05, 4.69) is 15.3 Å². The highest BCUT2D eigenvalue weighted by atomic mass is 19.1. The van der Waals surface area contributed by atoms with Crippen molar-refractivity contribution in [1.82, 2.24) is 15.3 Å². The maximum Gasteiger partial charge on any atom is 0.326 e. The summed E-state index contributed by atoms with van der Waals surface area (Å²) < 4.78 is 13.4. The van der Waals surface area contributed by atoms with E-state index >= 15 is 0 Å². The molecule has 1 atom stereocenters. The molecule has 0 saturated heterocycles. The molecule has 1 heterocycles. The molecule has 2 rings (SSSR count). The van der Waals surface area contributed by atoms with Crippen molar-refractivity contribution in [3.8, 4) is 0 Å². The molecule has 3 N–H and O–H groups in total. The third kappa shape index (κ3) is 3.19. The molecule has 1 amide bonds. The van der Waals surface area contributed by atoms with Crippen LogP contribution in [0.25, 0.3) is 0 Å². The van der Waals surface area contributed by atoms with Crippen molar-refractivity contribution in [1.29, 1.82) is 0 Å². The number of benzene rings is 1. The van der Waals surface area contributed by atoms with Gasteiger partial charge in [0.1, 0.15) is 11.9 Å². The zero-order valence-corrected chi connectivity index (χ0v) is 10.3. The summed E-state index contributed by atoms with van der Waals surface area (Å²) in [5, 5.41) is 11.4. The van der Waals surface area contributed by atoms with Crippen LogP contribution in [0.3, 0.4) is 0 Å². The average molecular weight is 277 g/mol. The van der Waals surface area contributed by atoms with E-state index in [4.69, 9.17) is 5.11 Å². The second kappa shape index (κ2) is 5.96. The molecule has 0 unspecified atom stereocenters. The van der Waals surface area contributed by atoms with Crippen LogP contribution in [0.15, 0.2) is 36.8 Å². The number of nitrogens with zero attached hydrogens (tertiary/aromatic N) is 1. The summed E-state index contributed by atoms with van der Waals surface area (Å²) in [6.07, 6.45) is 2.91. The first kappa shape index (κ1) is 13.7. The van der Waals surface area contributed by atoms with Crippen LogP contribution in [0.5, 0.6) is 0 Å². The first-order chi connectivity index (χ1) is 9.58. The van der Waals surface area contributed by atoms with Gasteiger partial charge in [-0.05, 0) is 12.1 Å². The second-order valence-corrected chi connectivity index (χ2v) is 4.13. The van der Waals surface area contributed by atoms with Gasteiger partial charge in [0.05, 0.1) is 11.9 Å². The Morgan fingerprint density at radius 1 is 1.40 bits per heavy atom. The van der Waals surface area contributed by atoms with E-state index in [9.17, 15) is 14.0 Å². The number of halogens is 1. The highest BCUT2D eigenvalue weighted by Crippen LogP contribution is 2.07. The van der Waals surface area contributed by atoms with Crippen molar-refractivity contribution in [3.63, 3.8) is 0 Å². The Labute approximate surface area is 113 Å². The van der Waals surface area contributed by atoms with Crippen molar-refractivity contribution < 1.29 is 19.1 Å². The van der Waals surface area contributed by atoms with Gasteiger partial charge in [-0.3, -0.25) is 4.79 Å². The predicted molar refractivity (Wildman–Crippen MR) is 67.6 cm³/mol. The van der Waals surface area contributed by atoms with Crippen LogP contribution in [-0.4, -0.2) is 33.0 Å². The fourth-order valence-electron chi connectivity index (χ4n) is 1.70. The Morgan fingerprint density at radius 2 is 2.15 bits per heavy atom. The number of carboxylic acids is 1. The van der Waals surface area contributed by atoms with Crippen LogP contribution in [0, 0.1) is 5.82 Å². The molecule has 0 aliphatic rings. The van der Waals surface area contributed by atoms with Crippen molar-refractivity contribution in [2.75, 3.05) is 0 Å². The van der Waals surface area contributed by atoms with Gasteiger partial charge in [0.2, 0.25) is 0 Å².